The van der Waals surface area contributed by atoms with Gasteiger partial charge < -0.3 is 5.32 Å². The van der Waals surface area contributed by atoms with Gasteiger partial charge in [0.1, 0.15) is 0 Å². The quantitative estimate of drug-likeness (QED) is 0.616. The molecule has 0 radical (unpaired) electrons. The van der Waals surface area contributed by atoms with E-state index in [4.69, 9.17) is 4.99 Å². The minimum Gasteiger partial charge on any atom is -0.311 e. The van der Waals surface area contributed by atoms with E-state index in [2.05, 4.69) is 36.5 Å². The molecular formula is C12H14N2. The summed E-state index contributed by atoms with van der Waals surface area (Å²) in [7, 11) is 0. The van der Waals surface area contributed by atoms with Crippen LogP contribution in [0.4, 0.5) is 0 Å². The van der Waals surface area contributed by atoms with Crippen LogP contribution in [0.2, 0.25) is 0 Å². The Labute approximate surface area is 83.4 Å². The smallest absolute Gasteiger partial charge is 0.0876 e. The summed E-state index contributed by atoms with van der Waals surface area (Å²) in [4.78, 5) is 4.76. The highest BCUT2D eigenvalue weighted by Crippen LogP contribution is 2.20. The number of rotatable bonds is 0. The van der Waals surface area contributed by atoms with Crippen LogP contribution in [-0.4, -0.2) is 18.6 Å². The predicted molar refractivity (Wildman–Crippen MR) is 56.5 cm³/mol. The lowest BCUT2D eigenvalue weighted by atomic mass is 9.94. The molecule has 1 fully saturated rings. The van der Waals surface area contributed by atoms with E-state index in [1.165, 1.54) is 16.1 Å². The molecule has 0 saturated carbocycles. The Morgan fingerprint density at radius 1 is 1.36 bits per heavy atom. The molecule has 1 N–H and O–H groups in total. The van der Waals surface area contributed by atoms with Crippen molar-refractivity contribution < 1.29 is 0 Å². The van der Waals surface area contributed by atoms with Gasteiger partial charge in [0.25, 0.3) is 0 Å². The van der Waals surface area contributed by atoms with E-state index in [1.807, 2.05) is 0 Å². The van der Waals surface area contributed by atoms with E-state index in [0.29, 0.717) is 12.1 Å². The molecule has 1 aromatic carbocycles. The number of hydrogen-bond acceptors (Lipinski definition) is 2. The minimum atomic E-state index is 0.390. The number of benzene rings is 1. The van der Waals surface area contributed by atoms with Crippen molar-refractivity contribution in [3.8, 4) is 0 Å². The molecule has 3 rings (SSSR count). The first kappa shape index (κ1) is 8.18. The molecule has 2 nitrogen and oxygen atoms in total. The number of nitrogens with zero attached hydrogens (tertiary/aromatic N) is 1. The molecule has 0 aromatic heterocycles. The topological polar surface area (TPSA) is 24.4 Å². The van der Waals surface area contributed by atoms with Crippen LogP contribution in [0.15, 0.2) is 29.3 Å². The third-order valence-electron chi connectivity index (χ3n) is 3.22. The van der Waals surface area contributed by atoms with Gasteiger partial charge in [-0.2, -0.15) is 0 Å². The first-order chi connectivity index (χ1) is 6.86. The molecule has 1 saturated heterocycles. The number of para-hydroxylation sites is 1. The second-order valence-electron chi connectivity index (χ2n) is 4.11. The molecule has 1 aromatic rings. The predicted octanol–water partition coefficient (Wildman–Crippen LogP) is 0.221. The molecule has 0 aliphatic carbocycles. The molecule has 2 heterocycles. The van der Waals surface area contributed by atoms with Crippen molar-refractivity contribution >= 4 is 5.57 Å². The Balaban J connectivity index is 2.26. The van der Waals surface area contributed by atoms with Crippen molar-refractivity contribution in [3.05, 3.63) is 34.8 Å². The van der Waals surface area contributed by atoms with Gasteiger partial charge >= 0.3 is 0 Å². The molecule has 14 heavy (non-hydrogen) atoms. The lowest BCUT2D eigenvalue weighted by Gasteiger charge is -2.27. The highest BCUT2D eigenvalue weighted by atomic mass is 15.0. The molecule has 72 valence electrons. The van der Waals surface area contributed by atoms with E-state index in [9.17, 15) is 0 Å². The monoisotopic (exact) mass is 186 g/mol. The summed E-state index contributed by atoms with van der Waals surface area (Å²) < 4.78 is 0. The zero-order valence-electron chi connectivity index (χ0n) is 8.33. The van der Waals surface area contributed by atoms with E-state index in [0.717, 1.165) is 13.0 Å². The summed E-state index contributed by atoms with van der Waals surface area (Å²) in [5.41, 5.74) is 1.53. The van der Waals surface area contributed by atoms with Crippen LogP contribution in [0.1, 0.15) is 13.3 Å². The second-order valence-corrected chi connectivity index (χ2v) is 4.11. The molecule has 2 aliphatic heterocycles. The van der Waals surface area contributed by atoms with Gasteiger partial charge in [-0.15, -0.1) is 0 Å². The molecule has 0 bridgehead atoms. The molecule has 0 spiro atoms. The fraction of sp³-hybridized carbons (Fsp3) is 0.417. The van der Waals surface area contributed by atoms with Crippen molar-refractivity contribution in [3.63, 3.8) is 0 Å². The highest BCUT2D eigenvalue weighted by Gasteiger charge is 2.27. The van der Waals surface area contributed by atoms with Crippen molar-refractivity contribution in [2.24, 2.45) is 4.99 Å². The Kier molecular flexibility index (Phi) is 1.71. The van der Waals surface area contributed by atoms with Crippen LogP contribution >= 0.6 is 0 Å². The summed E-state index contributed by atoms with van der Waals surface area (Å²) in [5.74, 6) is 0. The van der Waals surface area contributed by atoms with Gasteiger partial charge in [0.15, 0.2) is 0 Å². The van der Waals surface area contributed by atoms with Crippen LogP contribution in [-0.2, 0) is 0 Å². The summed E-state index contributed by atoms with van der Waals surface area (Å²) >= 11 is 0. The zero-order valence-corrected chi connectivity index (χ0v) is 8.33. The van der Waals surface area contributed by atoms with Gasteiger partial charge in [-0.05, 0) is 31.5 Å². The first-order valence-corrected chi connectivity index (χ1v) is 5.25. The Morgan fingerprint density at radius 2 is 2.21 bits per heavy atom. The van der Waals surface area contributed by atoms with Crippen LogP contribution in [0.5, 0.6) is 0 Å². The average molecular weight is 186 g/mol. The maximum Gasteiger partial charge on any atom is 0.0876 e. The SMILES string of the molecule is C[C@H]1NCCC2=c3ccccc3=N[C@@H]21. The third-order valence-corrected chi connectivity index (χ3v) is 3.22. The Bertz CT molecular complexity index is 475. The van der Waals surface area contributed by atoms with Crippen molar-refractivity contribution in [1.82, 2.24) is 5.32 Å². The van der Waals surface area contributed by atoms with E-state index < -0.39 is 0 Å². The number of nitrogens with one attached hydrogen (secondary N) is 1. The molecule has 2 aliphatic rings. The molecule has 2 atom stereocenters. The highest BCUT2D eigenvalue weighted by molar-refractivity contribution is 5.55. The number of fused-ring (bicyclic) bond motifs is 2. The molecular weight excluding hydrogens is 172 g/mol. The lowest BCUT2D eigenvalue weighted by Crippen LogP contribution is -2.42. The summed E-state index contributed by atoms with van der Waals surface area (Å²) in [6, 6.07) is 9.38. The van der Waals surface area contributed by atoms with Crippen LogP contribution in [0, 0.1) is 0 Å². The number of piperidine rings is 1. The van der Waals surface area contributed by atoms with Gasteiger partial charge in [0, 0.05) is 11.3 Å². The van der Waals surface area contributed by atoms with Gasteiger partial charge in [-0.3, -0.25) is 4.99 Å². The summed E-state index contributed by atoms with van der Waals surface area (Å²) in [6.07, 6.45) is 1.15. The first-order valence-electron chi connectivity index (χ1n) is 5.25. The van der Waals surface area contributed by atoms with Crippen molar-refractivity contribution in [1.29, 1.82) is 0 Å². The van der Waals surface area contributed by atoms with E-state index in [-0.39, 0.29) is 0 Å². The third kappa shape index (κ3) is 1.04. The fourth-order valence-electron chi connectivity index (χ4n) is 2.49. The van der Waals surface area contributed by atoms with Gasteiger partial charge in [-0.1, -0.05) is 18.2 Å². The standard InChI is InChI=1S/C12H14N2/c1-8-12-10(6-7-13-8)9-4-2-3-5-11(9)14-12/h2-5,8,12-13H,6-7H2,1H3/t8-,12-/m1/s1. The van der Waals surface area contributed by atoms with Crippen molar-refractivity contribution in [2.45, 2.75) is 25.4 Å². The van der Waals surface area contributed by atoms with Gasteiger partial charge in [0.2, 0.25) is 0 Å². The summed E-state index contributed by atoms with van der Waals surface area (Å²) in [5, 5.41) is 6.04. The van der Waals surface area contributed by atoms with Gasteiger partial charge in [-0.25, -0.2) is 0 Å². The summed E-state index contributed by atoms with van der Waals surface area (Å²) in [6.45, 7) is 3.32. The second kappa shape index (κ2) is 2.92. The molecule has 0 unspecified atom stereocenters. The Morgan fingerprint density at radius 3 is 3.14 bits per heavy atom. The van der Waals surface area contributed by atoms with Gasteiger partial charge in [0.05, 0.1) is 11.4 Å². The fourth-order valence-corrected chi connectivity index (χ4v) is 2.49. The van der Waals surface area contributed by atoms with Crippen LogP contribution < -0.4 is 15.9 Å². The lowest BCUT2D eigenvalue weighted by molar-refractivity contribution is 0.478. The molecule has 2 heteroatoms. The normalized spacial score (nSPS) is 29.4. The van der Waals surface area contributed by atoms with Crippen molar-refractivity contribution in [2.75, 3.05) is 6.54 Å². The largest absolute Gasteiger partial charge is 0.311 e. The molecule has 0 amide bonds. The zero-order chi connectivity index (χ0) is 9.54. The number of hydrogen-bond donors (Lipinski definition) is 1. The maximum absolute atomic E-state index is 4.76. The minimum absolute atomic E-state index is 0.390. The van der Waals surface area contributed by atoms with E-state index in [1.54, 1.807) is 0 Å². The maximum atomic E-state index is 4.76. The van der Waals surface area contributed by atoms with Crippen LogP contribution in [0.25, 0.3) is 5.57 Å². The Hall–Kier alpha value is -1.15. The van der Waals surface area contributed by atoms with Crippen LogP contribution in [0.3, 0.4) is 0 Å². The van der Waals surface area contributed by atoms with E-state index >= 15 is 0 Å². The average Bonchev–Trinajstić information content (AvgIpc) is 2.59.